The molecule has 0 unspecified atom stereocenters. The van der Waals surface area contributed by atoms with Gasteiger partial charge in [0.1, 0.15) is 18.4 Å². The molecular weight excluding hydrogens is 150 g/mol. The lowest BCUT2D eigenvalue weighted by Gasteiger charge is -2.37. The largest absolute Gasteiger partial charge is 0.389 e. The highest BCUT2D eigenvalue weighted by atomic mass is 16.4. The van der Waals surface area contributed by atoms with E-state index < -0.39 is 30.6 Å². The number of rotatable bonds is 0. The minimum Gasteiger partial charge on any atom is -0.389 e. The molecule has 11 heavy (non-hydrogen) atoms. The molecule has 0 bridgehead atoms. The topological polar surface area (TPSA) is 93.0 Å². The first-order valence-electron chi connectivity index (χ1n) is 3.52. The Kier molecular flexibility index (Phi) is 2.46. The molecule has 0 amide bonds. The molecule has 0 aliphatic carbocycles. The highest BCUT2D eigenvalue weighted by molar-refractivity contribution is 4.91. The fraction of sp³-hybridized carbons (Fsp3) is 1.00. The van der Waals surface area contributed by atoms with Gasteiger partial charge in [0.15, 0.2) is 0 Å². The summed E-state index contributed by atoms with van der Waals surface area (Å²) in [6.07, 6.45) is -4.79. The van der Waals surface area contributed by atoms with Gasteiger partial charge in [-0.05, 0) is 6.92 Å². The van der Waals surface area contributed by atoms with Crippen molar-refractivity contribution in [2.24, 2.45) is 0 Å². The second-order valence-corrected chi connectivity index (χ2v) is 2.87. The third-order valence-corrected chi connectivity index (χ3v) is 1.97. The van der Waals surface area contributed by atoms with Crippen molar-refractivity contribution in [3.8, 4) is 0 Å². The van der Waals surface area contributed by atoms with E-state index in [-0.39, 0.29) is 0 Å². The zero-order valence-corrected chi connectivity index (χ0v) is 6.18. The van der Waals surface area contributed by atoms with E-state index in [9.17, 15) is 0 Å². The van der Waals surface area contributed by atoms with Crippen LogP contribution in [0.5, 0.6) is 0 Å². The molecule has 1 heterocycles. The van der Waals surface area contributed by atoms with Gasteiger partial charge in [-0.25, -0.2) is 0 Å². The van der Waals surface area contributed by atoms with E-state index in [1.165, 1.54) is 0 Å². The molecule has 0 saturated carbocycles. The van der Waals surface area contributed by atoms with E-state index in [0.717, 1.165) is 0 Å². The van der Waals surface area contributed by atoms with E-state index >= 15 is 0 Å². The minimum atomic E-state index is -1.32. The lowest BCUT2D eigenvalue weighted by molar-refractivity contribution is -0.154. The highest BCUT2D eigenvalue weighted by Crippen LogP contribution is 2.13. The standard InChI is InChI=1S/C6H13NO4/c1-2-3(8)4(9)5(10)6(11)7-2/h2-11H,1H3/t2-,3+,4-,5-,6-/m1/s1. The molecule has 0 aromatic heterocycles. The minimum absolute atomic E-state index is 0.414. The maximum Gasteiger partial charge on any atom is 0.134 e. The SMILES string of the molecule is C[C@H]1N[C@H](O)[C@H](O)[C@H](O)[C@H]1O. The van der Waals surface area contributed by atoms with Gasteiger partial charge in [0, 0.05) is 6.04 Å². The fourth-order valence-electron chi connectivity index (χ4n) is 1.15. The van der Waals surface area contributed by atoms with Crippen LogP contribution in [0, 0.1) is 0 Å². The number of nitrogens with one attached hydrogen (secondary N) is 1. The van der Waals surface area contributed by atoms with Gasteiger partial charge in [0.25, 0.3) is 0 Å². The molecule has 5 atom stereocenters. The van der Waals surface area contributed by atoms with Crippen LogP contribution in [-0.4, -0.2) is 51.0 Å². The number of hydrogen-bond donors (Lipinski definition) is 5. The molecular formula is C6H13NO4. The van der Waals surface area contributed by atoms with Crippen LogP contribution >= 0.6 is 0 Å². The third kappa shape index (κ3) is 1.52. The summed E-state index contributed by atoms with van der Waals surface area (Å²) in [6.45, 7) is 1.61. The predicted octanol–water partition coefficient (Wildman–Crippen LogP) is -2.62. The van der Waals surface area contributed by atoms with Crippen LogP contribution in [0.2, 0.25) is 0 Å². The summed E-state index contributed by atoms with van der Waals surface area (Å²) in [5.41, 5.74) is 0. The lowest BCUT2D eigenvalue weighted by atomic mass is 9.96. The summed E-state index contributed by atoms with van der Waals surface area (Å²) >= 11 is 0. The van der Waals surface area contributed by atoms with Gasteiger partial charge in [-0.1, -0.05) is 0 Å². The van der Waals surface area contributed by atoms with Gasteiger partial charge < -0.3 is 20.4 Å². The first kappa shape index (κ1) is 8.89. The molecule has 0 spiro atoms. The van der Waals surface area contributed by atoms with Crippen molar-refractivity contribution in [3.63, 3.8) is 0 Å². The Labute approximate surface area is 64.3 Å². The quantitative estimate of drug-likeness (QED) is 0.269. The second-order valence-electron chi connectivity index (χ2n) is 2.87. The molecule has 5 nitrogen and oxygen atoms in total. The van der Waals surface area contributed by atoms with Crippen LogP contribution < -0.4 is 5.32 Å². The zero-order valence-electron chi connectivity index (χ0n) is 6.18. The van der Waals surface area contributed by atoms with E-state index in [2.05, 4.69) is 5.32 Å². The van der Waals surface area contributed by atoms with Gasteiger partial charge in [-0.3, -0.25) is 5.32 Å². The Morgan fingerprint density at radius 3 is 2.00 bits per heavy atom. The molecule has 1 fully saturated rings. The summed E-state index contributed by atoms with van der Waals surface area (Å²) in [6, 6.07) is -0.414. The number of aliphatic hydroxyl groups is 4. The Hall–Kier alpha value is -0.200. The van der Waals surface area contributed by atoms with Gasteiger partial charge in [-0.15, -0.1) is 0 Å². The van der Waals surface area contributed by atoms with Crippen molar-refractivity contribution >= 4 is 0 Å². The summed E-state index contributed by atoms with van der Waals surface area (Å²) in [5.74, 6) is 0. The molecule has 66 valence electrons. The van der Waals surface area contributed by atoms with Crippen LogP contribution in [0.3, 0.4) is 0 Å². The van der Waals surface area contributed by atoms with Crippen LogP contribution in [0.25, 0.3) is 0 Å². The molecule has 0 radical (unpaired) electrons. The van der Waals surface area contributed by atoms with Gasteiger partial charge in [0.05, 0.1) is 6.10 Å². The molecule has 1 aliphatic rings. The Morgan fingerprint density at radius 2 is 1.45 bits per heavy atom. The first-order chi connectivity index (χ1) is 5.04. The molecule has 5 heteroatoms. The monoisotopic (exact) mass is 163 g/mol. The average Bonchev–Trinajstić information content (AvgIpc) is 1.97. The summed E-state index contributed by atoms with van der Waals surface area (Å²) in [4.78, 5) is 0. The van der Waals surface area contributed by atoms with Crippen molar-refractivity contribution in [1.29, 1.82) is 0 Å². The number of aliphatic hydroxyl groups excluding tert-OH is 4. The molecule has 5 N–H and O–H groups in total. The van der Waals surface area contributed by atoms with Crippen molar-refractivity contribution in [3.05, 3.63) is 0 Å². The van der Waals surface area contributed by atoms with Crippen molar-refractivity contribution in [2.45, 2.75) is 37.5 Å². The Morgan fingerprint density at radius 1 is 0.909 bits per heavy atom. The van der Waals surface area contributed by atoms with Crippen LogP contribution in [0.4, 0.5) is 0 Å². The summed E-state index contributed by atoms with van der Waals surface area (Å²) in [5, 5.41) is 38.8. The first-order valence-corrected chi connectivity index (χ1v) is 3.52. The maximum atomic E-state index is 9.15. The lowest BCUT2D eigenvalue weighted by Crippen LogP contribution is -2.63. The molecule has 1 aliphatic heterocycles. The van der Waals surface area contributed by atoms with Gasteiger partial charge in [0.2, 0.25) is 0 Å². The third-order valence-electron chi connectivity index (χ3n) is 1.97. The fourth-order valence-corrected chi connectivity index (χ4v) is 1.15. The van der Waals surface area contributed by atoms with Crippen molar-refractivity contribution in [2.75, 3.05) is 0 Å². The normalized spacial score (nSPS) is 52.6. The summed E-state index contributed by atoms with van der Waals surface area (Å²) < 4.78 is 0. The number of hydrogen-bond acceptors (Lipinski definition) is 5. The van der Waals surface area contributed by atoms with E-state index in [1.807, 2.05) is 0 Å². The van der Waals surface area contributed by atoms with Crippen molar-refractivity contribution < 1.29 is 20.4 Å². The number of piperidine rings is 1. The van der Waals surface area contributed by atoms with Crippen molar-refractivity contribution in [1.82, 2.24) is 5.32 Å². The van der Waals surface area contributed by atoms with Gasteiger partial charge in [-0.2, -0.15) is 0 Å². The van der Waals surface area contributed by atoms with E-state index in [4.69, 9.17) is 20.4 Å². The molecule has 0 aromatic rings. The Balaban J connectivity index is 2.63. The van der Waals surface area contributed by atoms with Gasteiger partial charge >= 0.3 is 0 Å². The van der Waals surface area contributed by atoms with Crippen LogP contribution in [-0.2, 0) is 0 Å². The summed E-state index contributed by atoms with van der Waals surface area (Å²) in [7, 11) is 0. The van der Waals surface area contributed by atoms with E-state index in [0.29, 0.717) is 0 Å². The second kappa shape index (κ2) is 3.04. The smallest absolute Gasteiger partial charge is 0.134 e. The molecule has 1 rings (SSSR count). The average molecular weight is 163 g/mol. The van der Waals surface area contributed by atoms with Crippen LogP contribution in [0.1, 0.15) is 6.92 Å². The highest BCUT2D eigenvalue weighted by Gasteiger charge is 2.39. The molecule has 0 aromatic carbocycles. The maximum absolute atomic E-state index is 9.15. The predicted molar refractivity (Wildman–Crippen MR) is 36.6 cm³/mol. The Bertz CT molecular complexity index is 129. The van der Waals surface area contributed by atoms with E-state index in [1.54, 1.807) is 6.92 Å². The zero-order chi connectivity index (χ0) is 8.59. The van der Waals surface area contributed by atoms with Crippen LogP contribution in [0.15, 0.2) is 0 Å². The molecule has 1 saturated heterocycles.